The Morgan fingerprint density at radius 3 is 2.50 bits per heavy atom. The van der Waals surface area contributed by atoms with Crippen molar-refractivity contribution in [1.82, 2.24) is 5.32 Å². The molecule has 0 saturated carbocycles. The summed E-state index contributed by atoms with van der Waals surface area (Å²) in [5.74, 6) is -2.22. The number of piperidine rings is 2. The van der Waals surface area contributed by atoms with E-state index in [0.717, 1.165) is 24.3 Å². The van der Waals surface area contributed by atoms with Gasteiger partial charge in [-0.1, -0.05) is 24.1 Å². The molecule has 0 aliphatic carbocycles. The van der Waals surface area contributed by atoms with Crippen molar-refractivity contribution in [3.8, 4) is 0 Å². The Balaban J connectivity index is 1.85. The molecule has 0 amide bonds. The smallest absolute Gasteiger partial charge is 0.332 e. The Bertz CT molecular complexity index is 599. The van der Waals surface area contributed by atoms with Crippen LogP contribution >= 0.6 is 11.6 Å². The summed E-state index contributed by atoms with van der Waals surface area (Å²) in [6, 6.07) is 6.48. The minimum atomic E-state index is -5.04. The van der Waals surface area contributed by atoms with Gasteiger partial charge in [-0.15, -0.1) is 0 Å². The summed E-state index contributed by atoms with van der Waals surface area (Å²) < 4.78 is 38.0. The first-order valence-corrected chi connectivity index (χ1v) is 8.30. The Morgan fingerprint density at radius 2 is 1.92 bits per heavy atom. The molecule has 8 heteroatoms. The molecule has 3 rings (SSSR count). The van der Waals surface area contributed by atoms with E-state index in [1.165, 1.54) is 6.07 Å². The summed E-state index contributed by atoms with van der Waals surface area (Å²) in [7, 11) is 0. The molecule has 2 bridgehead atoms. The number of carbonyl (C=O) groups is 1. The lowest BCUT2D eigenvalue weighted by Gasteiger charge is -2.44. The van der Waals surface area contributed by atoms with Crippen LogP contribution in [0.2, 0.25) is 5.02 Å². The lowest BCUT2D eigenvalue weighted by atomic mass is 9.84. The van der Waals surface area contributed by atoms with Crippen LogP contribution in [0.4, 0.5) is 18.9 Å². The van der Waals surface area contributed by atoms with E-state index in [2.05, 4.69) is 5.32 Å². The first-order chi connectivity index (χ1) is 11.3. The van der Waals surface area contributed by atoms with E-state index in [-0.39, 0.29) is 18.1 Å². The SMILES string of the molecule is O=C(ON(c1cccc(Cl)c1)C1CC2CCCC(C1)N2)C(F)(F)F. The number of nitrogens with zero attached hydrogens (tertiary/aromatic N) is 1. The predicted octanol–water partition coefficient (Wildman–Crippen LogP) is 3.84. The minimum absolute atomic E-state index is 0.230. The largest absolute Gasteiger partial charge is 0.493 e. The Hall–Kier alpha value is -1.47. The molecule has 0 spiro atoms. The normalized spacial score (nSPS) is 26.8. The van der Waals surface area contributed by atoms with E-state index in [1.807, 2.05) is 0 Å². The van der Waals surface area contributed by atoms with Gasteiger partial charge >= 0.3 is 12.1 Å². The first kappa shape index (κ1) is 17.4. The molecule has 2 heterocycles. The number of hydroxylamine groups is 1. The van der Waals surface area contributed by atoms with Crippen molar-refractivity contribution in [3.63, 3.8) is 0 Å². The number of hydrogen-bond donors (Lipinski definition) is 1. The number of rotatable bonds is 3. The fourth-order valence-electron chi connectivity index (χ4n) is 3.52. The topological polar surface area (TPSA) is 41.6 Å². The summed E-state index contributed by atoms with van der Waals surface area (Å²) >= 11 is 5.95. The molecule has 1 aromatic rings. The number of alkyl halides is 3. The van der Waals surface area contributed by atoms with Gasteiger partial charge in [0.25, 0.3) is 0 Å². The Kier molecular flexibility index (Phi) is 4.92. The molecule has 1 N–H and O–H groups in total. The summed E-state index contributed by atoms with van der Waals surface area (Å²) in [5.41, 5.74) is 0.352. The van der Waals surface area contributed by atoms with Crippen molar-refractivity contribution in [1.29, 1.82) is 0 Å². The zero-order valence-corrected chi connectivity index (χ0v) is 13.6. The number of hydrogen-bond acceptors (Lipinski definition) is 4. The van der Waals surface area contributed by atoms with Gasteiger partial charge in [0.15, 0.2) is 0 Å². The highest BCUT2D eigenvalue weighted by Gasteiger charge is 2.44. The number of anilines is 1. The zero-order valence-electron chi connectivity index (χ0n) is 12.9. The molecular weight excluding hydrogens is 345 g/mol. The highest BCUT2D eigenvalue weighted by molar-refractivity contribution is 6.30. The van der Waals surface area contributed by atoms with Crippen LogP contribution < -0.4 is 10.4 Å². The van der Waals surface area contributed by atoms with E-state index in [0.29, 0.717) is 23.6 Å². The highest BCUT2D eigenvalue weighted by Crippen LogP contribution is 2.33. The number of nitrogens with one attached hydrogen (secondary N) is 1. The maximum absolute atomic E-state index is 12.7. The van der Waals surface area contributed by atoms with Crippen LogP contribution in [0.5, 0.6) is 0 Å². The predicted molar refractivity (Wildman–Crippen MR) is 83.7 cm³/mol. The lowest BCUT2D eigenvalue weighted by molar-refractivity contribution is -0.202. The molecule has 1 aromatic carbocycles. The fourth-order valence-corrected chi connectivity index (χ4v) is 3.70. The Morgan fingerprint density at radius 1 is 1.25 bits per heavy atom. The fraction of sp³-hybridized carbons (Fsp3) is 0.562. The van der Waals surface area contributed by atoms with E-state index in [1.54, 1.807) is 18.2 Å². The molecule has 2 saturated heterocycles. The molecule has 2 aliphatic rings. The maximum Gasteiger partial charge on any atom is 0.493 e. The monoisotopic (exact) mass is 362 g/mol. The van der Waals surface area contributed by atoms with Gasteiger partial charge in [-0.3, -0.25) is 0 Å². The van der Waals surface area contributed by atoms with Crippen LogP contribution in [0.1, 0.15) is 32.1 Å². The van der Waals surface area contributed by atoms with Crippen LogP contribution in [-0.2, 0) is 9.63 Å². The van der Waals surface area contributed by atoms with Gasteiger partial charge in [-0.05, 0) is 43.9 Å². The van der Waals surface area contributed by atoms with Crippen molar-refractivity contribution >= 4 is 23.3 Å². The molecule has 2 atom stereocenters. The van der Waals surface area contributed by atoms with Gasteiger partial charge in [-0.2, -0.15) is 13.2 Å². The van der Waals surface area contributed by atoms with Gasteiger partial charge < -0.3 is 10.2 Å². The zero-order chi connectivity index (χ0) is 17.3. The van der Waals surface area contributed by atoms with Crippen LogP contribution in [-0.4, -0.2) is 30.3 Å². The third-order valence-electron chi connectivity index (χ3n) is 4.50. The van der Waals surface area contributed by atoms with Crippen molar-refractivity contribution in [2.75, 3.05) is 5.06 Å². The van der Waals surface area contributed by atoms with E-state index in [9.17, 15) is 18.0 Å². The minimum Gasteiger partial charge on any atom is -0.332 e. The van der Waals surface area contributed by atoms with E-state index in [4.69, 9.17) is 16.4 Å². The van der Waals surface area contributed by atoms with Crippen molar-refractivity contribution in [2.24, 2.45) is 0 Å². The summed E-state index contributed by atoms with van der Waals surface area (Å²) in [6.45, 7) is 0. The van der Waals surface area contributed by atoms with Crippen molar-refractivity contribution in [3.05, 3.63) is 29.3 Å². The van der Waals surface area contributed by atoms with Crippen LogP contribution in [0.3, 0.4) is 0 Å². The standard InChI is InChI=1S/C16H18ClF3N2O2/c17-10-3-1-6-13(7-10)22(24-15(23)16(18,19)20)14-8-11-4-2-5-12(9-14)21-11/h1,3,6-7,11-12,14,21H,2,4-5,8-9H2. The molecule has 0 radical (unpaired) electrons. The average Bonchev–Trinajstić information content (AvgIpc) is 2.51. The van der Waals surface area contributed by atoms with Gasteiger partial charge in [0.05, 0.1) is 11.7 Å². The molecule has 2 aliphatic heterocycles. The molecule has 0 aromatic heterocycles. The van der Waals surface area contributed by atoms with Gasteiger partial charge in [0.2, 0.25) is 0 Å². The number of fused-ring (bicyclic) bond motifs is 2. The third-order valence-corrected chi connectivity index (χ3v) is 4.73. The summed E-state index contributed by atoms with van der Waals surface area (Å²) in [6.07, 6.45) is -0.746. The number of carbonyl (C=O) groups excluding carboxylic acids is 1. The van der Waals surface area contributed by atoms with Crippen molar-refractivity contribution < 1.29 is 22.8 Å². The van der Waals surface area contributed by atoms with Crippen LogP contribution in [0.15, 0.2) is 24.3 Å². The maximum atomic E-state index is 12.7. The third kappa shape index (κ3) is 3.95. The number of benzene rings is 1. The van der Waals surface area contributed by atoms with Gasteiger partial charge in [0.1, 0.15) is 0 Å². The average molecular weight is 363 g/mol. The van der Waals surface area contributed by atoms with Crippen molar-refractivity contribution in [2.45, 2.75) is 56.4 Å². The molecular formula is C16H18ClF3N2O2. The second-order valence-electron chi connectivity index (χ2n) is 6.30. The van der Waals surface area contributed by atoms with Crippen LogP contribution in [0.25, 0.3) is 0 Å². The summed E-state index contributed by atoms with van der Waals surface area (Å²) in [5, 5.41) is 4.93. The molecule has 2 fully saturated rings. The van der Waals surface area contributed by atoms with E-state index >= 15 is 0 Å². The van der Waals surface area contributed by atoms with Crippen LogP contribution in [0, 0.1) is 0 Å². The van der Waals surface area contributed by atoms with Gasteiger partial charge in [-0.25, -0.2) is 9.86 Å². The second kappa shape index (κ2) is 6.80. The first-order valence-electron chi connectivity index (χ1n) is 7.93. The van der Waals surface area contributed by atoms with Gasteiger partial charge in [0, 0.05) is 17.1 Å². The molecule has 4 nitrogen and oxygen atoms in total. The summed E-state index contributed by atoms with van der Waals surface area (Å²) in [4.78, 5) is 16.1. The highest BCUT2D eigenvalue weighted by atomic mass is 35.5. The Labute approximate surface area is 142 Å². The molecule has 2 unspecified atom stereocenters. The quantitative estimate of drug-likeness (QED) is 0.829. The second-order valence-corrected chi connectivity index (χ2v) is 6.74. The van der Waals surface area contributed by atoms with E-state index < -0.39 is 12.1 Å². The number of halogens is 4. The lowest BCUT2D eigenvalue weighted by Crippen LogP contribution is -2.55. The molecule has 132 valence electrons. The molecule has 24 heavy (non-hydrogen) atoms.